The van der Waals surface area contributed by atoms with Crippen LogP contribution in [0.5, 0.6) is 0 Å². The van der Waals surface area contributed by atoms with Crippen LogP contribution in [0.15, 0.2) is 36.4 Å². The number of anilines is 1. The molecule has 0 bridgehead atoms. The number of likely N-dealkylation sites (tertiary alicyclic amines) is 1. The lowest BCUT2D eigenvalue weighted by Crippen LogP contribution is -2.59. The summed E-state index contributed by atoms with van der Waals surface area (Å²) in [5, 5.41) is 10.6. The summed E-state index contributed by atoms with van der Waals surface area (Å²) in [7, 11) is 0. The number of nitrogens with zero attached hydrogens (tertiary/aromatic N) is 5. The van der Waals surface area contributed by atoms with Crippen molar-refractivity contribution in [3.05, 3.63) is 74.6 Å². The van der Waals surface area contributed by atoms with Crippen LogP contribution in [-0.2, 0) is 22.6 Å². The molecule has 10 heteroatoms. The molecule has 6 rings (SSSR count). The topological polar surface area (TPSA) is 82.4 Å². The number of fused-ring (bicyclic) bond motifs is 1. The van der Waals surface area contributed by atoms with Gasteiger partial charge in [0, 0.05) is 54.7 Å². The van der Waals surface area contributed by atoms with Crippen LogP contribution in [0.4, 0.5) is 10.2 Å². The molecular formula is C28H25ClFN5O2S. The van der Waals surface area contributed by atoms with E-state index < -0.39 is 5.82 Å². The minimum absolute atomic E-state index is 0.0257. The molecular weight excluding hydrogens is 525 g/mol. The number of thiazole rings is 1. The van der Waals surface area contributed by atoms with Crippen molar-refractivity contribution in [3.8, 4) is 17.2 Å². The van der Waals surface area contributed by atoms with E-state index in [9.17, 15) is 14.4 Å². The first-order valence-electron chi connectivity index (χ1n) is 12.4. The minimum atomic E-state index is -0.442. The van der Waals surface area contributed by atoms with Crippen molar-refractivity contribution in [3.63, 3.8) is 0 Å². The first-order valence-corrected chi connectivity index (χ1v) is 13.7. The predicted octanol–water partition coefficient (Wildman–Crippen LogP) is 5.22. The first kappa shape index (κ1) is 25.0. The molecule has 0 N–H and O–H groups in total. The fourth-order valence-electron chi connectivity index (χ4n) is 5.94. The molecule has 3 aliphatic heterocycles. The summed E-state index contributed by atoms with van der Waals surface area (Å²) < 4.78 is 20.2. The van der Waals surface area contributed by atoms with Crippen molar-refractivity contribution >= 4 is 34.7 Å². The number of halogens is 2. The predicted molar refractivity (Wildman–Crippen MR) is 143 cm³/mol. The second-order valence-corrected chi connectivity index (χ2v) is 11.5. The normalized spacial score (nSPS) is 19.7. The standard InChI is InChI=1S/C28H25ClFN5O2S/c1-3-24(36)35-13-28(14-35)6-7-34(12-28)27-19(10-31)25(18-5-4-17(30)8-21(18)29)20-11-37-23(9-22(20)33-27)26-16(2)32-15-38-26/h3-5,8,15,23H,1,6-7,9,11-14H2,2H3/t23-/m0/s1. The number of pyridine rings is 1. The second-order valence-electron chi connectivity index (χ2n) is 10.2. The molecule has 2 saturated heterocycles. The van der Waals surface area contributed by atoms with E-state index in [2.05, 4.69) is 22.5 Å². The number of rotatable bonds is 4. The molecule has 1 spiro atoms. The Bertz CT molecular complexity index is 1510. The number of amides is 1. The number of aryl methyl sites for hydroxylation is 1. The molecule has 2 aromatic heterocycles. The average molecular weight is 550 g/mol. The third-order valence-corrected chi connectivity index (χ3v) is 9.17. The van der Waals surface area contributed by atoms with E-state index in [1.807, 2.05) is 12.4 Å². The third-order valence-electron chi connectivity index (χ3n) is 7.84. The highest BCUT2D eigenvalue weighted by atomic mass is 35.5. The number of benzene rings is 1. The van der Waals surface area contributed by atoms with Crippen LogP contribution in [0, 0.1) is 29.5 Å². The highest BCUT2D eigenvalue weighted by Gasteiger charge is 2.49. The van der Waals surface area contributed by atoms with Crippen LogP contribution in [0.2, 0.25) is 5.02 Å². The number of aromatic nitrogens is 2. The molecule has 38 heavy (non-hydrogen) atoms. The molecule has 0 radical (unpaired) electrons. The Morgan fingerprint density at radius 3 is 2.89 bits per heavy atom. The first-order chi connectivity index (χ1) is 18.3. The van der Waals surface area contributed by atoms with Crippen molar-refractivity contribution in [1.82, 2.24) is 14.9 Å². The van der Waals surface area contributed by atoms with Gasteiger partial charge in [0.05, 0.1) is 39.5 Å². The summed E-state index contributed by atoms with van der Waals surface area (Å²) in [6.07, 6.45) is 2.59. The van der Waals surface area contributed by atoms with Gasteiger partial charge in [0.25, 0.3) is 0 Å². The zero-order valence-electron chi connectivity index (χ0n) is 20.8. The maximum Gasteiger partial charge on any atom is 0.245 e. The second kappa shape index (κ2) is 9.45. The number of carbonyl (C=O) groups is 1. The molecule has 3 aliphatic rings. The maximum atomic E-state index is 14.0. The number of hydrogen-bond donors (Lipinski definition) is 0. The van der Waals surface area contributed by atoms with Crippen LogP contribution in [0.25, 0.3) is 11.1 Å². The molecule has 1 aromatic carbocycles. The highest BCUT2D eigenvalue weighted by molar-refractivity contribution is 7.09. The van der Waals surface area contributed by atoms with Crippen molar-refractivity contribution in [2.45, 2.75) is 32.5 Å². The van der Waals surface area contributed by atoms with Crippen LogP contribution in [-0.4, -0.2) is 47.0 Å². The largest absolute Gasteiger partial charge is 0.367 e. The molecule has 0 saturated carbocycles. The summed E-state index contributed by atoms with van der Waals surface area (Å²) >= 11 is 8.10. The van der Waals surface area contributed by atoms with E-state index in [4.69, 9.17) is 21.3 Å². The number of ether oxygens (including phenoxy) is 1. The van der Waals surface area contributed by atoms with Crippen LogP contribution in [0.3, 0.4) is 0 Å². The molecule has 1 amide bonds. The lowest BCUT2D eigenvalue weighted by Gasteiger charge is -2.47. The Labute approximate surface area is 229 Å². The summed E-state index contributed by atoms with van der Waals surface area (Å²) in [6.45, 7) is 8.56. The van der Waals surface area contributed by atoms with E-state index in [1.54, 1.807) is 22.3 Å². The Morgan fingerprint density at radius 2 is 2.21 bits per heavy atom. The molecule has 2 fully saturated rings. The molecule has 3 aromatic rings. The lowest BCUT2D eigenvalue weighted by molar-refractivity contribution is -0.136. The molecule has 0 aliphatic carbocycles. The van der Waals surface area contributed by atoms with Crippen molar-refractivity contribution in [2.75, 3.05) is 31.1 Å². The number of hydrogen-bond acceptors (Lipinski definition) is 7. The Balaban J connectivity index is 1.43. The van der Waals surface area contributed by atoms with Gasteiger partial charge in [0.2, 0.25) is 5.91 Å². The fourth-order valence-corrected chi connectivity index (χ4v) is 7.05. The van der Waals surface area contributed by atoms with Gasteiger partial charge in [-0.3, -0.25) is 4.79 Å². The monoisotopic (exact) mass is 549 g/mol. The van der Waals surface area contributed by atoms with E-state index in [1.165, 1.54) is 18.2 Å². The quantitative estimate of drug-likeness (QED) is 0.415. The molecule has 7 nitrogen and oxygen atoms in total. The van der Waals surface area contributed by atoms with E-state index >= 15 is 0 Å². The zero-order valence-corrected chi connectivity index (χ0v) is 22.4. The highest BCUT2D eigenvalue weighted by Crippen LogP contribution is 2.46. The van der Waals surface area contributed by atoms with Gasteiger partial charge in [0.1, 0.15) is 23.3 Å². The Morgan fingerprint density at radius 1 is 1.39 bits per heavy atom. The summed E-state index contributed by atoms with van der Waals surface area (Å²) in [4.78, 5) is 26.5. The Kier molecular flexibility index (Phi) is 6.22. The zero-order chi connectivity index (χ0) is 26.6. The van der Waals surface area contributed by atoms with Crippen LogP contribution >= 0.6 is 22.9 Å². The van der Waals surface area contributed by atoms with Gasteiger partial charge >= 0.3 is 0 Å². The van der Waals surface area contributed by atoms with Crippen molar-refractivity contribution < 1.29 is 13.9 Å². The SMILES string of the molecule is C=CC(=O)N1CC2(CCN(c3nc4c(c(-c5ccc(F)cc5Cl)c3C#N)CO[C@H](c3scnc3C)C4)C2)C1. The van der Waals surface area contributed by atoms with Gasteiger partial charge in [-0.25, -0.2) is 14.4 Å². The van der Waals surface area contributed by atoms with Crippen molar-refractivity contribution in [1.29, 1.82) is 5.26 Å². The van der Waals surface area contributed by atoms with Gasteiger partial charge in [0.15, 0.2) is 0 Å². The molecule has 5 heterocycles. The van der Waals surface area contributed by atoms with Gasteiger partial charge < -0.3 is 14.5 Å². The van der Waals surface area contributed by atoms with Crippen molar-refractivity contribution in [2.24, 2.45) is 5.41 Å². The van der Waals surface area contributed by atoms with Crippen LogP contribution in [0.1, 0.15) is 39.9 Å². The summed E-state index contributed by atoms with van der Waals surface area (Å²) in [5.74, 6) is 0.104. The van der Waals surface area contributed by atoms with E-state index in [0.717, 1.165) is 34.8 Å². The third kappa shape index (κ3) is 4.08. The number of nitriles is 1. The van der Waals surface area contributed by atoms with Gasteiger partial charge in [-0.2, -0.15) is 5.26 Å². The van der Waals surface area contributed by atoms with E-state index in [-0.39, 0.29) is 29.1 Å². The molecule has 0 unspecified atom stereocenters. The van der Waals surface area contributed by atoms with Gasteiger partial charge in [-0.15, -0.1) is 11.3 Å². The summed E-state index contributed by atoms with van der Waals surface area (Å²) in [6, 6.07) is 6.62. The smallest absolute Gasteiger partial charge is 0.245 e. The van der Waals surface area contributed by atoms with Gasteiger partial charge in [-0.1, -0.05) is 18.2 Å². The van der Waals surface area contributed by atoms with Gasteiger partial charge in [-0.05, 0) is 37.6 Å². The van der Waals surface area contributed by atoms with Crippen LogP contribution < -0.4 is 4.90 Å². The minimum Gasteiger partial charge on any atom is -0.367 e. The Hall–Kier alpha value is -3.32. The average Bonchev–Trinajstić information content (AvgIpc) is 3.53. The number of carbonyl (C=O) groups excluding carboxylic acids is 1. The van der Waals surface area contributed by atoms with E-state index in [0.29, 0.717) is 48.6 Å². The fraction of sp³-hybridized carbons (Fsp3) is 0.357. The summed E-state index contributed by atoms with van der Waals surface area (Å²) in [5.41, 5.74) is 6.01. The lowest BCUT2D eigenvalue weighted by atomic mass is 9.79. The maximum absolute atomic E-state index is 14.0. The molecule has 194 valence electrons. The molecule has 1 atom stereocenters.